The molecule has 1 aromatic carbocycles. The number of likely N-dealkylation sites (N-methyl/N-ethyl adjacent to an activating group) is 1. The third kappa shape index (κ3) is 3.98. The average Bonchev–Trinajstić information content (AvgIpc) is 2.97. The molecule has 0 radical (unpaired) electrons. The van der Waals surface area contributed by atoms with Gasteiger partial charge in [0.25, 0.3) is 5.91 Å². The van der Waals surface area contributed by atoms with E-state index in [-0.39, 0.29) is 11.1 Å². The van der Waals surface area contributed by atoms with Gasteiger partial charge in [-0.2, -0.15) is 13.2 Å². The topological polar surface area (TPSA) is 58.6 Å². The number of alkyl halides is 3. The van der Waals surface area contributed by atoms with Gasteiger partial charge in [0.15, 0.2) is 0 Å². The standard InChI is InChI=1S/C18H17F3N2O3S/c1-23-7-6-12-13(9-23)27-16(14(12)17(25)26-2)22-15(24)10-4-3-5-11(8-10)18(19,20)21/h3-5,8H,6-7,9H2,1-2H3,(H,22,24). The van der Waals surface area contributed by atoms with Gasteiger partial charge in [-0.1, -0.05) is 6.07 Å². The maximum atomic E-state index is 12.9. The van der Waals surface area contributed by atoms with E-state index in [9.17, 15) is 22.8 Å². The van der Waals surface area contributed by atoms with Gasteiger partial charge in [-0.15, -0.1) is 11.3 Å². The highest BCUT2D eigenvalue weighted by molar-refractivity contribution is 7.17. The number of rotatable bonds is 3. The van der Waals surface area contributed by atoms with Crippen molar-refractivity contribution in [2.24, 2.45) is 0 Å². The fourth-order valence-electron chi connectivity index (χ4n) is 2.95. The lowest BCUT2D eigenvalue weighted by Gasteiger charge is -2.22. The van der Waals surface area contributed by atoms with Crippen molar-refractivity contribution in [1.29, 1.82) is 0 Å². The summed E-state index contributed by atoms with van der Waals surface area (Å²) in [6.45, 7) is 1.39. The molecular formula is C18H17F3N2O3S. The fraction of sp³-hybridized carbons (Fsp3) is 0.333. The summed E-state index contributed by atoms with van der Waals surface area (Å²) in [6.07, 6.45) is -3.91. The number of nitrogens with zero attached hydrogens (tertiary/aromatic N) is 1. The lowest BCUT2D eigenvalue weighted by Crippen LogP contribution is -2.26. The highest BCUT2D eigenvalue weighted by Gasteiger charge is 2.32. The number of hydrogen-bond donors (Lipinski definition) is 1. The Kier molecular flexibility index (Phi) is 5.25. The van der Waals surface area contributed by atoms with Gasteiger partial charge in [0, 0.05) is 23.5 Å². The molecule has 5 nitrogen and oxygen atoms in total. The molecule has 1 aliphatic heterocycles. The summed E-state index contributed by atoms with van der Waals surface area (Å²) in [7, 11) is 3.20. The SMILES string of the molecule is COC(=O)c1c(NC(=O)c2cccc(C(F)(F)F)c2)sc2c1CCN(C)C2. The Morgan fingerprint density at radius 1 is 1.30 bits per heavy atom. The van der Waals surface area contributed by atoms with Gasteiger partial charge >= 0.3 is 12.1 Å². The number of benzene rings is 1. The molecule has 3 rings (SSSR count). The number of carbonyl (C=O) groups excluding carboxylic acids is 2. The van der Waals surface area contributed by atoms with Crippen LogP contribution >= 0.6 is 11.3 Å². The number of thiophene rings is 1. The van der Waals surface area contributed by atoms with Crippen LogP contribution in [0.1, 0.15) is 36.7 Å². The number of anilines is 1. The highest BCUT2D eigenvalue weighted by atomic mass is 32.1. The van der Waals surface area contributed by atoms with Crippen LogP contribution in [0.3, 0.4) is 0 Å². The number of ether oxygens (including phenoxy) is 1. The normalized spacial score (nSPS) is 14.6. The summed E-state index contributed by atoms with van der Waals surface area (Å²) in [5, 5.41) is 2.88. The van der Waals surface area contributed by atoms with Crippen molar-refractivity contribution in [2.75, 3.05) is 26.0 Å². The first-order chi connectivity index (χ1) is 12.7. The van der Waals surface area contributed by atoms with Crippen molar-refractivity contribution < 1.29 is 27.5 Å². The van der Waals surface area contributed by atoms with E-state index in [0.29, 0.717) is 18.0 Å². The Labute approximate surface area is 157 Å². The second-order valence-corrected chi connectivity index (χ2v) is 7.33. The fourth-order valence-corrected chi connectivity index (χ4v) is 4.26. The molecule has 2 heterocycles. The molecule has 1 aliphatic rings. The van der Waals surface area contributed by atoms with Crippen LogP contribution in [0.2, 0.25) is 0 Å². The average molecular weight is 398 g/mol. The van der Waals surface area contributed by atoms with Gasteiger partial charge in [-0.05, 0) is 37.2 Å². The van der Waals surface area contributed by atoms with Crippen LogP contribution in [-0.4, -0.2) is 37.5 Å². The first-order valence-corrected chi connectivity index (χ1v) is 8.92. The Bertz CT molecular complexity index is 892. The molecule has 0 unspecified atom stereocenters. The van der Waals surface area contributed by atoms with Gasteiger partial charge in [0.05, 0.1) is 18.2 Å². The largest absolute Gasteiger partial charge is 0.465 e. The van der Waals surface area contributed by atoms with Gasteiger partial charge in [0.2, 0.25) is 0 Å². The summed E-state index contributed by atoms with van der Waals surface area (Å²) in [6, 6.07) is 4.15. The van der Waals surface area contributed by atoms with Gasteiger partial charge < -0.3 is 15.0 Å². The molecule has 0 saturated carbocycles. The summed E-state index contributed by atoms with van der Waals surface area (Å²) in [5.74, 6) is -1.28. The van der Waals surface area contributed by atoms with Crippen molar-refractivity contribution in [3.8, 4) is 0 Å². The van der Waals surface area contributed by atoms with Crippen molar-refractivity contribution in [3.05, 3.63) is 51.4 Å². The zero-order chi connectivity index (χ0) is 19.8. The summed E-state index contributed by atoms with van der Waals surface area (Å²) in [5.41, 5.74) is 0.0646. The molecule has 2 aromatic rings. The molecule has 0 atom stereocenters. The number of hydrogen-bond acceptors (Lipinski definition) is 5. The molecule has 9 heteroatoms. The van der Waals surface area contributed by atoms with Crippen molar-refractivity contribution in [1.82, 2.24) is 4.90 Å². The number of amides is 1. The zero-order valence-corrected chi connectivity index (χ0v) is 15.5. The van der Waals surface area contributed by atoms with Gasteiger partial charge in [0.1, 0.15) is 5.00 Å². The van der Waals surface area contributed by atoms with E-state index in [1.807, 2.05) is 7.05 Å². The summed E-state index contributed by atoms with van der Waals surface area (Å²) >= 11 is 1.25. The minimum absolute atomic E-state index is 0.135. The summed E-state index contributed by atoms with van der Waals surface area (Å²) < 4.78 is 43.4. The van der Waals surface area contributed by atoms with Crippen LogP contribution in [0.4, 0.5) is 18.2 Å². The second kappa shape index (κ2) is 7.32. The smallest absolute Gasteiger partial charge is 0.416 e. The molecule has 0 fully saturated rings. The third-order valence-electron chi connectivity index (χ3n) is 4.32. The lowest BCUT2D eigenvalue weighted by atomic mass is 10.0. The minimum atomic E-state index is -4.54. The van der Waals surface area contributed by atoms with E-state index in [1.54, 1.807) is 0 Å². The Morgan fingerprint density at radius 2 is 2.04 bits per heavy atom. The summed E-state index contributed by atoms with van der Waals surface area (Å²) in [4.78, 5) is 27.7. The van der Waals surface area contributed by atoms with Crippen LogP contribution in [0.15, 0.2) is 24.3 Å². The van der Waals surface area contributed by atoms with Crippen LogP contribution in [0, 0.1) is 0 Å². The lowest BCUT2D eigenvalue weighted by molar-refractivity contribution is -0.137. The first kappa shape index (κ1) is 19.4. The highest BCUT2D eigenvalue weighted by Crippen LogP contribution is 2.37. The molecule has 144 valence electrons. The molecule has 0 bridgehead atoms. The van der Waals surface area contributed by atoms with E-state index in [1.165, 1.54) is 30.6 Å². The molecule has 0 saturated heterocycles. The molecule has 1 aromatic heterocycles. The minimum Gasteiger partial charge on any atom is -0.465 e. The predicted molar refractivity (Wildman–Crippen MR) is 95.1 cm³/mol. The molecule has 1 N–H and O–H groups in total. The number of halogens is 3. The monoisotopic (exact) mass is 398 g/mol. The van der Waals surface area contributed by atoms with Crippen LogP contribution < -0.4 is 5.32 Å². The first-order valence-electron chi connectivity index (χ1n) is 8.10. The maximum Gasteiger partial charge on any atom is 0.416 e. The molecule has 0 spiro atoms. The van der Waals surface area contributed by atoms with E-state index >= 15 is 0 Å². The Morgan fingerprint density at radius 3 is 2.70 bits per heavy atom. The molecule has 0 aliphatic carbocycles. The molecular weight excluding hydrogens is 381 g/mol. The zero-order valence-electron chi connectivity index (χ0n) is 14.6. The number of fused-ring (bicyclic) bond motifs is 1. The molecule has 27 heavy (non-hydrogen) atoms. The van der Waals surface area contributed by atoms with Crippen molar-refractivity contribution in [3.63, 3.8) is 0 Å². The Balaban J connectivity index is 1.94. The van der Waals surface area contributed by atoms with Gasteiger partial charge in [-0.25, -0.2) is 4.79 Å². The van der Waals surface area contributed by atoms with Crippen LogP contribution in [0.5, 0.6) is 0 Å². The number of methoxy groups -OCH3 is 1. The van der Waals surface area contributed by atoms with E-state index in [2.05, 4.69) is 10.2 Å². The number of esters is 1. The van der Waals surface area contributed by atoms with E-state index in [4.69, 9.17) is 4.74 Å². The third-order valence-corrected chi connectivity index (χ3v) is 5.45. The molecule has 1 amide bonds. The van der Waals surface area contributed by atoms with Crippen LogP contribution in [-0.2, 0) is 23.9 Å². The quantitative estimate of drug-likeness (QED) is 0.800. The number of nitrogens with one attached hydrogen (secondary N) is 1. The van der Waals surface area contributed by atoms with E-state index in [0.717, 1.165) is 29.1 Å². The maximum absolute atomic E-state index is 12.9. The van der Waals surface area contributed by atoms with Crippen molar-refractivity contribution >= 4 is 28.2 Å². The van der Waals surface area contributed by atoms with Gasteiger partial charge in [-0.3, -0.25) is 4.79 Å². The number of carbonyl (C=O) groups is 2. The van der Waals surface area contributed by atoms with Crippen LogP contribution in [0.25, 0.3) is 0 Å². The second-order valence-electron chi connectivity index (χ2n) is 6.22. The Hall–Kier alpha value is -2.39. The van der Waals surface area contributed by atoms with E-state index < -0.39 is 23.6 Å². The van der Waals surface area contributed by atoms with Crippen molar-refractivity contribution in [2.45, 2.75) is 19.1 Å². The predicted octanol–water partition coefficient (Wildman–Crippen LogP) is 3.79.